The number of ether oxygens (including phenoxy) is 1. The molecule has 2 aliphatic rings. The number of carbonyl (C=O) groups excluding carboxylic acids is 2. The number of hydrogen-bond acceptors (Lipinski definition) is 3. The molecule has 2 aliphatic carbocycles. The van der Waals surface area contributed by atoms with Crippen LogP contribution in [-0.2, 0) is 14.3 Å². The van der Waals surface area contributed by atoms with E-state index in [1.807, 2.05) is 0 Å². The summed E-state index contributed by atoms with van der Waals surface area (Å²) in [6.07, 6.45) is 9.96. The Balaban J connectivity index is 2.02. The van der Waals surface area contributed by atoms with Gasteiger partial charge >= 0.3 is 5.97 Å². The van der Waals surface area contributed by atoms with Crippen LogP contribution < -0.4 is 5.32 Å². The molecule has 0 heterocycles. The maximum absolute atomic E-state index is 12.4. The SMILES string of the molecule is COC(=O)C1(NC(=O)C2CCCCC2)CCCCC1. The zero-order valence-electron chi connectivity index (χ0n) is 11.9. The molecule has 2 saturated carbocycles. The average Bonchev–Trinajstić information content (AvgIpc) is 2.48. The first-order valence-corrected chi connectivity index (χ1v) is 7.58. The van der Waals surface area contributed by atoms with Gasteiger partial charge in [-0.2, -0.15) is 0 Å². The second kappa shape index (κ2) is 6.40. The molecule has 0 aromatic rings. The molecule has 4 heteroatoms. The van der Waals surface area contributed by atoms with E-state index < -0.39 is 5.54 Å². The molecule has 0 radical (unpaired) electrons. The van der Waals surface area contributed by atoms with E-state index in [-0.39, 0.29) is 17.8 Å². The third-order valence-electron chi connectivity index (χ3n) is 4.62. The average molecular weight is 267 g/mol. The van der Waals surface area contributed by atoms with Gasteiger partial charge in [0.2, 0.25) is 5.91 Å². The Kier molecular flexibility index (Phi) is 4.83. The Morgan fingerprint density at radius 2 is 1.58 bits per heavy atom. The number of carbonyl (C=O) groups is 2. The number of methoxy groups -OCH3 is 1. The van der Waals surface area contributed by atoms with Crippen molar-refractivity contribution in [1.82, 2.24) is 5.32 Å². The van der Waals surface area contributed by atoms with Crippen LogP contribution in [0.25, 0.3) is 0 Å². The third kappa shape index (κ3) is 3.28. The predicted molar refractivity (Wildman–Crippen MR) is 72.5 cm³/mol. The van der Waals surface area contributed by atoms with Gasteiger partial charge in [-0.05, 0) is 25.7 Å². The molecule has 108 valence electrons. The van der Waals surface area contributed by atoms with Crippen LogP contribution in [0, 0.1) is 5.92 Å². The Morgan fingerprint density at radius 3 is 2.16 bits per heavy atom. The highest BCUT2D eigenvalue weighted by Crippen LogP contribution is 2.31. The second-order valence-corrected chi connectivity index (χ2v) is 5.96. The lowest BCUT2D eigenvalue weighted by atomic mass is 9.80. The highest BCUT2D eigenvalue weighted by molar-refractivity contribution is 5.89. The Bertz CT molecular complexity index is 328. The molecule has 1 N–H and O–H groups in total. The van der Waals surface area contributed by atoms with Crippen molar-refractivity contribution in [3.05, 3.63) is 0 Å². The van der Waals surface area contributed by atoms with Crippen LogP contribution in [0.5, 0.6) is 0 Å². The molecular formula is C15H25NO3. The molecule has 19 heavy (non-hydrogen) atoms. The van der Waals surface area contributed by atoms with Gasteiger partial charge < -0.3 is 10.1 Å². The summed E-state index contributed by atoms with van der Waals surface area (Å²) in [5.74, 6) is -0.111. The number of rotatable bonds is 3. The van der Waals surface area contributed by atoms with Crippen LogP contribution >= 0.6 is 0 Å². The van der Waals surface area contributed by atoms with E-state index >= 15 is 0 Å². The molecule has 4 nitrogen and oxygen atoms in total. The molecule has 0 bridgehead atoms. The molecule has 0 aliphatic heterocycles. The van der Waals surface area contributed by atoms with Gasteiger partial charge in [-0.25, -0.2) is 4.79 Å². The normalized spacial score (nSPS) is 23.6. The van der Waals surface area contributed by atoms with E-state index in [4.69, 9.17) is 4.74 Å². The van der Waals surface area contributed by atoms with E-state index in [1.54, 1.807) is 0 Å². The van der Waals surface area contributed by atoms with Crippen molar-refractivity contribution < 1.29 is 14.3 Å². The zero-order valence-corrected chi connectivity index (χ0v) is 11.9. The smallest absolute Gasteiger partial charge is 0.331 e. The van der Waals surface area contributed by atoms with Gasteiger partial charge in [-0.3, -0.25) is 4.79 Å². The van der Waals surface area contributed by atoms with Gasteiger partial charge in [0, 0.05) is 5.92 Å². The van der Waals surface area contributed by atoms with Gasteiger partial charge in [0.25, 0.3) is 0 Å². The molecule has 0 aromatic carbocycles. The summed E-state index contributed by atoms with van der Waals surface area (Å²) in [5, 5.41) is 3.04. The number of nitrogens with one attached hydrogen (secondary N) is 1. The van der Waals surface area contributed by atoms with Crippen LogP contribution in [0.15, 0.2) is 0 Å². The molecule has 0 unspecified atom stereocenters. The van der Waals surface area contributed by atoms with Crippen molar-refractivity contribution >= 4 is 11.9 Å². The molecular weight excluding hydrogens is 242 g/mol. The van der Waals surface area contributed by atoms with Crippen molar-refractivity contribution in [2.45, 2.75) is 69.7 Å². The summed E-state index contributed by atoms with van der Waals surface area (Å²) in [6, 6.07) is 0. The number of hydrogen-bond donors (Lipinski definition) is 1. The summed E-state index contributed by atoms with van der Waals surface area (Å²) < 4.78 is 4.93. The summed E-state index contributed by atoms with van der Waals surface area (Å²) >= 11 is 0. The molecule has 2 fully saturated rings. The Hall–Kier alpha value is -1.06. The fourth-order valence-corrected chi connectivity index (χ4v) is 3.43. The molecule has 2 rings (SSSR count). The lowest BCUT2D eigenvalue weighted by molar-refractivity contribution is -0.153. The summed E-state index contributed by atoms with van der Waals surface area (Å²) in [7, 11) is 1.41. The highest BCUT2D eigenvalue weighted by Gasteiger charge is 2.42. The minimum Gasteiger partial charge on any atom is -0.467 e. The van der Waals surface area contributed by atoms with Gasteiger partial charge in [-0.1, -0.05) is 38.5 Å². The van der Waals surface area contributed by atoms with E-state index in [2.05, 4.69) is 5.32 Å². The van der Waals surface area contributed by atoms with Gasteiger partial charge in [-0.15, -0.1) is 0 Å². The van der Waals surface area contributed by atoms with Crippen molar-refractivity contribution in [3.8, 4) is 0 Å². The second-order valence-electron chi connectivity index (χ2n) is 5.96. The van der Waals surface area contributed by atoms with Crippen molar-refractivity contribution in [1.29, 1.82) is 0 Å². The van der Waals surface area contributed by atoms with Crippen LogP contribution in [0.3, 0.4) is 0 Å². The van der Waals surface area contributed by atoms with E-state index in [9.17, 15) is 9.59 Å². The van der Waals surface area contributed by atoms with Gasteiger partial charge in [0.15, 0.2) is 0 Å². The molecule has 0 atom stereocenters. The van der Waals surface area contributed by atoms with E-state index in [0.29, 0.717) is 0 Å². The van der Waals surface area contributed by atoms with Crippen molar-refractivity contribution in [2.75, 3.05) is 7.11 Å². The van der Waals surface area contributed by atoms with E-state index in [0.717, 1.165) is 57.8 Å². The molecule has 0 spiro atoms. The zero-order chi connectivity index (χ0) is 13.7. The lowest BCUT2D eigenvalue weighted by Gasteiger charge is -2.36. The largest absolute Gasteiger partial charge is 0.467 e. The monoisotopic (exact) mass is 267 g/mol. The maximum Gasteiger partial charge on any atom is 0.331 e. The Labute approximate surface area is 115 Å². The minimum atomic E-state index is -0.748. The molecule has 0 aromatic heterocycles. The molecule has 0 saturated heterocycles. The van der Waals surface area contributed by atoms with Crippen molar-refractivity contribution in [3.63, 3.8) is 0 Å². The summed E-state index contributed by atoms with van der Waals surface area (Å²) in [6.45, 7) is 0. The maximum atomic E-state index is 12.4. The topological polar surface area (TPSA) is 55.4 Å². The van der Waals surface area contributed by atoms with Gasteiger partial charge in [0.05, 0.1) is 7.11 Å². The van der Waals surface area contributed by atoms with Crippen LogP contribution in [0.4, 0.5) is 0 Å². The fourth-order valence-electron chi connectivity index (χ4n) is 3.43. The van der Waals surface area contributed by atoms with Gasteiger partial charge in [0.1, 0.15) is 5.54 Å². The lowest BCUT2D eigenvalue weighted by Crippen LogP contribution is -2.57. The van der Waals surface area contributed by atoms with Crippen molar-refractivity contribution in [2.24, 2.45) is 5.92 Å². The highest BCUT2D eigenvalue weighted by atomic mass is 16.5. The number of amides is 1. The quantitative estimate of drug-likeness (QED) is 0.800. The van der Waals surface area contributed by atoms with Crippen LogP contribution in [0.1, 0.15) is 64.2 Å². The standard InChI is InChI=1S/C15H25NO3/c1-19-14(18)15(10-6-3-7-11-15)16-13(17)12-8-4-2-5-9-12/h12H,2-11H2,1H3,(H,16,17). The fraction of sp³-hybridized carbons (Fsp3) is 0.867. The number of esters is 1. The van der Waals surface area contributed by atoms with E-state index in [1.165, 1.54) is 13.5 Å². The Morgan fingerprint density at radius 1 is 1.00 bits per heavy atom. The minimum absolute atomic E-state index is 0.0620. The predicted octanol–water partition coefficient (Wildman–Crippen LogP) is 2.56. The van der Waals surface area contributed by atoms with Crippen LogP contribution in [-0.4, -0.2) is 24.5 Å². The van der Waals surface area contributed by atoms with Crippen LogP contribution in [0.2, 0.25) is 0 Å². The first kappa shape index (κ1) is 14.4. The summed E-state index contributed by atoms with van der Waals surface area (Å²) in [4.78, 5) is 24.4. The first-order valence-electron chi connectivity index (χ1n) is 7.58. The first-order chi connectivity index (χ1) is 9.18. The molecule has 1 amide bonds. The third-order valence-corrected chi connectivity index (χ3v) is 4.62. The summed E-state index contributed by atoms with van der Waals surface area (Å²) in [5.41, 5.74) is -0.748.